The number of amides is 1. The number of carbonyl (C=O) groups is 1. The molecule has 1 amide bonds. The zero-order valence-corrected chi connectivity index (χ0v) is 13.7. The molecule has 0 aliphatic carbocycles. The topological polar surface area (TPSA) is 32.3 Å². The number of benzene rings is 2. The van der Waals surface area contributed by atoms with Gasteiger partial charge in [0.05, 0.1) is 13.1 Å². The van der Waals surface area contributed by atoms with Crippen LogP contribution in [0.5, 0.6) is 0 Å². The summed E-state index contributed by atoms with van der Waals surface area (Å²) in [5.74, 6) is 6.62. The van der Waals surface area contributed by atoms with Gasteiger partial charge >= 0.3 is 0 Å². The number of nitrogens with one attached hydrogen (secondary N) is 1. The van der Waals surface area contributed by atoms with Crippen LogP contribution in [0.4, 0.5) is 0 Å². The van der Waals surface area contributed by atoms with E-state index in [1.807, 2.05) is 36.4 Å². The second-order valence-corrected chi connectivity index (χ2v) is 6.08. The third kappa shape index (κ3) is 4.71. The van der Waals surface area contributed by atoms with Crippen LogP contribution in [0.3, 0.4) is 0 Å². The highest BCUT2D eigenvalue weighted by molar-refractivity contribution is 5.78. The van der Waals surface area contributed by atoms with E-state index < -0.39 is 0 Å². The van der Waals surface area contributed by atoms with Gasteiger partial charge in [-0.25, -0.2) is 0 Å². The molecule has 1 saturated heterocycles. The first kappa shape index (κ1) is 16.3. The average molecular weight is 318 g/mol. The molecule has 1 fully saturated rings. The van der Waals surface area contributed by atoms with E-state index in [1.165, 1.54) is 5.56 Å². The number of hydrogen-bond acceptors (Lipinski definition) is 2. The lowest BCUT2D eigenvalue weighted by Gasteiger charge is -2.15. The molecule has 24 heavy (non-hydrogen) atoms. The van der Waals surface area contributed by atoms with Crippen molar-refractivity contribution < 1.29 is 4.79 Å². The van der Waals surface area contributed by atoms with Crippen molar-refractivity contribution in [2.45, 2.75) is 12.3 Å². The van der Waals surface area contributed by atoms with E-state index in [-0.39, 0.29) is 5.91 Å². The Morgan fingerprint density at radius 2 is 1.79 bits per heavy atom. The first-order chi connectivity index (χ1) is 11.8. The Balaban J connectivity index is 1.41. The van der Waals surface area contributed by atoms with Gasteiger partial charge in [0.25, 0.3) is 0 Å². The lowest BCUT2D eigenvalue weighted by atomic mass is 9.99. The normalized spacial score (nSPS) is 17.1. The first-order valence-electron chi connectivity index (χ1n) is 8.39. The SMILES string of the molecule is O=C(CN1CC[C@@H](c2ccccc2)C1)NCC#Cc1ccccc1. The highest BCUT2D eigenvalue weighted by atomic mass is 16.2. The lowest BCUT2D eigenvalue weighted by molar-refractivity contribution is -0.121. The molecule has 0 bridgehead atoms. The molecule has 0 saturated carbocycles. The van der Waals surface area contributed by atoms with Crippen molar-refractivity contribution in [2.24, 2.45) is 0 Å². The van der Waals surface area contributed by atoms with E-state index in [4.69, 9.17) is 0 Å². The predicted octanol–water partition coefficient (Wildman–Crippen LogP) is 2.64. The molecule has 122 valence electrons. The van der Waals surface area contributed by atoms with E-state index in [2.05, 4.69) is 46.3 Å². The molecular formula is C21H22N2O. The molecule has 1 aliphatic heterocycles. The van der Waals surface area contributed by atoms with E-state index >= 15 is 0 Å². The van der Waals surface area contributed by atoms with Crippen molar-refractivity contribution in [1.29, 1.82) is 0 Å². The quantitative estimate of drug-likeness (QED) is 0.879. The maximum absolute atomic E-state index is 12.0. The van der Waals surface area contributed by atoms with Gasteiger partial charge in [0.2, 0.25) is 5.91 Å². The van der Waals surface area contributed by atoms with Gasteiger partial charge in [-0.15, -0.1) is 0 Å². The smallest absolute Gasteiger partial charge is 0.234 e. The Morgan fingerprint density at radius 1 is 1.08 bits per heavy atom. The summed E-state index contributed by atoms with van der Waals surface area (Å²) in [6.45, 7) is 2.77. The Hall–Kier alpha value is -2.57. The fourth-order valence-corrected chi connectivity index (χ4v) is 3.04. The fraction of sp³-hybridized carbons (Fsp3) is 0.286. The molecule has 0 unspecified atom stereocenters. The van der Waals surface area contributed by atoms with Gasteiger partial charge in [-0.3, -0.25) is 9.69 Å². The summed E-state index contributed by atoms with van der Waals surface area (Å²) in [6, 6.07) is 20.3. The highest BCUT2D eigenvalue weighted by Crippen LogP contribution is 2.26. The highest BCUT2D eigenvalue weighted by Gasteiger charge is 2.24. The molecule has 1 heterocycles. The third-order valence-corrected chi connectivity index (χ3v) is 4.29. The van der Waals surface area contributed by atoms with Crippen molar-refractivity contribution in [3.63, 3.8) is 0 Å². The van der Waals surface area contributed by atoms with Gasteiger partial charge in [0, 0.05) is 12.1 Å². The largest absolute Gasteiger partial charge is 0.344 e. The standard InChI is InChI=1S/C21H22N2O/c24-21(22-14-7-10-18-8-3-1-4-9-18)17-23-15-13-20(16-23)19-11-5-2-6-12-19/h1-6,8-9,11-12,20H,13-17H2,(H,22,24)/t20-/m1/s1. The molecule has 3 heteroatoms. The summed E-state index contributed by atoms with van der Waals surface area (Å²) in [4.78, 5) is 14.3. The molecule has 1 aliphatic rings. The molecule has 1 N–H and O–H groups in total. The van der Waals surface area contributed by atoms with Crippen molar-refractivity contribution in [2.75, 3.05) is 26.2 Å². The maximum atomic E-state index is 12.0. The minimum absolute atomic E-state index is 0.0473. The lowest BCUT2D eigenvalue weighted by Crippen LogP contribution is -2.36. The second kappa shape index (κ2) is 8.33. The molecule has 3 nitrogen and oxygen atoms in total. The molecule has 1 atom stereocenters. The Bertz CT molecular complexity index is 716. The summed E-state index contributed by atoms with van der Waals surface area (Å²) in [7, 11) is 0. The number of carbonyl (C=O) groups excluding carboxylic acids is 1. The Morgan fingerprint density at radius 3 is 2.54 bits per heavy atom. The van der Waals surface area contributed by atoms with Gasteiger partial charge in [0.1, 0.15) is 0 Å². The van der Waals surface area contributed by atoms with Gasteiger partial charge in [-0.2, -0.15) is 0 Å². The molecular weight excluding hydrogens is 296 g/mol. The predicted molar refractivity (Wildman–Crippen MR) is 96.6 cm³/mol. The fourth-order valence-electron chi connectivity index (χ4n) is 3.04. The monoisotopic (exact) mass is 318 g/mol. The number of rotatable bonds is 4. The zero-order valence-electron chi connectivity index (χ0n) is 13.7. The molecule has 0 radical (unpaired) electrons. The van der Waals surface area contributed by atoms with Crippen molar-refractivity contribution in [3.05, 3.63) is 71.8 Å². The van der Waals surface area contributed by atoms with Crippen molar-refractivity contribution >= 4 is 5.91 Å². The molecule has 2 aromatic rings. The van der Waals surface area contributed by atoms with Gasteiger partial charge in [-0.05, 0) is 36.6 Å². The van der Waals surface area contributed by atoms with Crippen LogP contribution in [0, 0.1) is 11.8 Å². The number of likely N-dealkylation sites (tertiary alicyclic amines) is 1. The van der Waals surface area contributed by atoms with E-state index in [0.717, 1.165) is 25.1 Å². The Labute approximate surface area is 143 Å². The maximum Gasteiger partial charge on any atom is 0.234 e. The van der Waals surface area contributed by atoms with Crippen LogP contribution in [-0.2, 0) is 4.79 Å². The first-order valence-corrected chi connectivity index (χ1v) is 8.39. The van der Waals surface area contributed by atoms with Gasteiger partial charge in [0.15, 0.2) is 0 Å². The Kier molecular flexibility index (Phi) is 5.65. The van der Waals surface area contributed by atoms with Crippen molar-refractivity contribution in [1.82, 2.24) is 10.2 Å². The summed E-state index contributed by atoms with van der Waals surface area (Å²) < 4.78 is 0. The minimum Gasteiger partial charge on any atom is -0.344 e. The third-order valence-electron chi connectivity index (χ3n) is 4.29. The van der Waals surface area contributed by atoms with Crippen LogP contribution >= 0.6 is 0 Å². The van der Waals surface area contributed by atoms with E-state index in [0.29, 0.717) is 19.0 Å². The molecule has 2 aromatic carbocycles. The van der Waals surface area contributed by atoms with Crippen molar-refractivity contribution in [3.8, 4) is 11.8 Å². The molecule has 0 spiro atoms. The summed E-state index contributed by atoms with van der Waals surface area (Å²) >= 11 is 0. The van der Waals surface area contributed by atoms with Crippen LogP contribution in [0.15, 0.2) is 60.7 Å². The summed E-state index contributed by atoms with van der Waals surface area (Å²) in [5, 5.41) is 2.88. The molecule has 3 rings (SSSR count). The van der Waals surface area contributed by atoms with E-state index in [1.54, 1.807) is 0 Å². The number of hydrogen-bond donors (Lipinski definition) is 1. The number of nitrogens with zero attached hydrogens (tertiary/aromatic N) is 1. The van der Waals surface area contributed by atoms with Crippen LogP contribution in [0.2, 0.25) is 0 Å². The second-order valence-electron chi connectivity index (χ2n) is 6.08. The van der Waals surface area contributed by atoms with Gasteiger partial charge < -0.3 is 5.32 Å². The van der Waals surface area contributed by atoms with E-state index in [9.17, 15) is 4.79 Å². The summed E-state index contributed by atoms with van der Waals surface area (Å²) in [6.07, 6.45) is 1.12. The minimum atomic E-state index is 0.0473. The summed E-state index contributed by atoms with van der Waals surface area (Å²) in [5.41, 5.74) is 2.34. The zero-order chi connectivity index (χ0) is 16.6. The van der Waals surface area contributed by atoms with Crippen LogP contribution in [-0.4, -0.2) is 37.0 Å². The average Bonchev–Trinajstić information content (AvgIpc) is 3.09. The molecule has 0 aromatic heterocycles. The van der Waals surface area contributed by atoms with Crippen LogP contribution in [0.25, 0.3) is 0 Å². The van der Waals surface area contributed by atoms with Gasteiger partial charge in [-0.1, -0.05) is 60.4 Å². The van der Waals surface area contributed by atoms with Crippen LogP contribution < -0.4 is 5.32 Å². The van der Waals surface area contributed by atoms with Crippen LogP contribution in [0.1, 0.15) is 23.5 Å².